The maximum atomic E-state index is 11.1. The summed E-state index contributed by atoms with van der Waals surface area (Å²) in [5.74, 6) is 0.426. The molecule has 0 saturated heterocycles. The first-order chi connectivity index (χ1) is 15.1. The highest BCUT2D eigenvalue weighted by Crippen LogP contribution is 2.28. The van der Waals surface area contributed by atoms with Gasteiger partial charge in [0.05, 0.1) is 18.7 Å². The van der Waals surface area contributed by atoms with E-state index in [0.717, 1.165) is 30.0 Å². The van der Waals surface area contributed by atoms with Gasteiger partial charge < -0.3 is 15.2 Å². The van der Waals surface area contributed by atoms with Crippen molar-refractivity contribution < 1.29 is 14.6 Å². The van der Waals surface area contributed by atoms with Gasteiger partial charge in [-0.05, 0) is 47.9 Å². The van der Waals surface area contributed by atoms with E-state index in [1.165, 1.54) is 22.0 Å². The first kappa shape index (κ1) is 20.8. The second-order valence-electron chi connectivity index (χ2n) is 7.04. The van der Waals surface area contributed by atoms with Gasteiger partial charge >= 0.3 is 5.97 Å². The van der Waals surface area contributed by atoms with Crippen LogP contribution in [0.1, 0.15) is 18.1 Å². The van der Waals surface area contributed by atoms with E-state index in [4.69, 9.17) is 9.84 Å². The number of rotatable bonds is 9. The fraction of sp³-hybridized carbons (Fsp3) is 0.208. The van der Waals surface area contributed by atoms with Crippen molar-refractivity contribution in [1.82, 2.24) is 9.97 Å². The van der Waals surface area contributed by atoms with Crippen LogP contribution in [0.5, 0.6) is 5.75 Å². The molecule has 4 aromatic rings. The van der Waals surface area contributed by atoms with Gasteiger partial charge in [-0.25, -0.2) is 9.97 Å². The highest BCUT2D eigenvalue weighted by Gasteiger charge is 2.11. The molecule has 31 heavy (non-hydrogen) atoms. The second kappa shape index (κ2) is 9.57. The zero-order valence-electron chi connectivity index (χ0n) is 17.2. The third kappa shape index (κ3) is 5.00. The Bertz CT molecular complexity index is 1210. The van der Waals surface area contributed by atoms with E-state index < -0.39 is 5.97 Å². The monoisotopic (exact) mass is 433 g/mol. The van der Waals surface area contributed by atoms with Crippen molar-refractivity contribution in [2.24, 2.45) is 0 Å². The Kier molecular flexibility index (Phi) is 6.43. The molecule has 0 unspecified atom stereocenters. The normalized spacial score (nSPS) is 10.9. The van der Waals surface area contributed by atoms with Crippen LogP contribution in [0, 0.1) is 0 Å². The minimum absolute atomic E-state index is 0.0803. The first-order valence-electron chi connectivity index (χ1n) is 10.1. The van der Waals surface area contributed by atoms with Crippen molar-refractivity contribution in [1.29, 1.82) is 0 Å². The molecule has 0 atom stereocenters. The van der Waals surface area contributed by atoms with E-state index in [1.807, 2.05) is 25.1 Å². The molecule has 0 fully saturated rings. The molecule has 2 aromatic carbocycles. The van der Waals surface area contributed by atoms with Gasteiger partial charge in [0, 0.05) is 28.4 Å². The maximum absolute atomic E-state index is 11.1. The summed E-state index contributed by atoms with van der Waals surface area (Å²) in [5, 5.41) is 15.9. The molecular weight excluding hydrogens is 410 g/mol. The smallest absolute Gasteiger partial charge is 0.307 e. The Hall–Kier alpha value is -3.45. The number of nitrogens with one attached hydrogen (secondary N) is 1. The average molecular weight is 434 g/mol. The number of anilines is 1. The summed E-state index contributed by atoms with van der Waals surface area (Å²) >= 11 is 1.76. The van der Waals surface area contributed by atoms with E-state index in [2.05, 4.69) is 44.9 Å². The summed E-state index contributed by atoms with van der Waals surface area (Å²) < 4.78 is 6.96. The van der Waals surface area contributed by atoms with Gasteiger partial charge in [-0.3, -0.25) is 4.79 Å². The lowest BCUT2D eigenvalue weighted by atomic mass is 10.1. The summed E-state index contributed by atoms with van der Waals surface area (Å²) in [5.41, 5.74) is 3.57. The molecule has 0 amide bonds. The highest BCUT2D eigenvalue weighted by atomic mass is 32.1. The maximum Gasteiger partial charge on any atom is 0.307 e. The number of hydrogen-bond donors (Lipinski definition) is 2. The van der Waals surface area contributed by atoms with Crippen LogP contribution in [0.4, 0.5) is 5.82 Å². The minimum atomic E-state index is -0.889. The molecule has 4 rings (SSSR count). The van der Waals surface area contributed by atoms with Crippen LogP contribution in [0.3, 0.4) is 0 Å². The van der Waals surface area contributed by atoms with E-state index in [1.54, 1.807) is 17.4 Å². The molecular formula is C24H23N3O3S. The largest absolute Gasteiger partial charge is 0.494 e. The lowest BCUT2D eigenvalue weighted by Gasteiger charge is -2.12. The van der Waals surface area contributed by atoms with E-state index in [0.29, 0.717) is 17.9 Å². The zero-order valence-corrected chi connectivity index (χ0v) is 18.0. The number of aromatic nitrogens is 2. The zero-order chi connectivity index (χ0) is 21.6. The number of benzene rings is 2. The Morgan fingerprint density at radius 3 is 2.87 bits per heavy atom. The third-order valence-corrected chi connectivity index (χ3v) is 5.84. The Balaban J connectivity index is 1.48. The molecule has 0 saturated carbocycles. The SMILES string of the molecule is CCOc1cc(-c2cc(NCCc3cccc4sccc34)ncn2)ccc1CC(=O)O. The summed E-state index contributed by atoms with van der Waals surface area (Å²) in [4.78, 5) is 19.8. The van der Waals surface area contributed by atoms with Crippen molar-refractivity contribution in [3.8, 4) is 17.0 Å². The fourth-order valence-corrected chi connectivity index (χ4v) is 4.36. The van der Waals surface area contributed by atoms with Gasteiger partial charge in [-0.15, -0.1) is 11.3 Å². The second-order valence-corrected chi connectivity index (χ2v) is 7.99. The van der Waals surface area contributed by atoms with Crippen LogP contribution in [-0.2, 0) is 17.6 Å². The quantitative estimate of drug-likeness (QED) is 0.385. The van der Waals surface area contributed by atoms with Crippen LogP contribution >= 0.6 is 11.3 Å². The summed E-state index contributed by atoms with van der Waals surface area (Å²) in [6.45, 7) is 3.09. The molecule has 0 aliphatic rings. The van der Waals surface area contributed by atoms with Crippen LogP contribution < -0.4 is 10.1 Å². The number of nitrogens with zero attached hydrogens (tertiary/aromatic N) is 2. The Morgan fingerprint density at radius 2 is 2.03 bits per heavy atom. The van der Waals surface area contributed by atoms with Crippen molar-refractivity contribution in [2.45, 2.75) is 19.8 Å². The van der Waals surface area contributed by atoms with Crippen LogP contribution in [-0.4, -0.2) is 34.2 Å². The fourth-order valence-electron chi connectivity index (χ4n) is 3.52. The third-order valence-electron chi connectivity index (χ3n) is 4.96. The molecule has 7 heteroatoms. The Labute approximate surface area is 184 Å². The predicted octanol–water partition coefficient (Wildman–Crippen LogP) is 5.04. The van der Waals surface area contributed by atoms with Crippen LogP contribution in [0.15, 0.2) is 60.2 Å². The summed E-state index contributed by atoms with van der Waals surface area (Å²) in [6, 6.07) is 16.0. The molecule has 0 aliphatic heterocycles. The molecule has 0 bridgehead atoms. The number of carboxylic acids is 1. The molecule has 6 nitrogen and oxygen atoms in total. The molecule has 0 aliphatic carbocycles. The molecule has 0 radical (unpaired) electrons. The molecule has 2 N–H and O–H groups in total. The van der Waals surface area contributed by atoms with Crippen LogP contribution in [0.25, 0.3) is 21.3 Å². The van der Waals surface area contributed by atoms with E-state index in [-0.39, 0.29) is 6.42 Å². The van der Waals surface area contributed by atoms with Crippen molar-refractivity contribution in [3.05, 3.63) is 71.4 Å². The number of carboxylic acid groups (broad SMARTS) is 1. The standard InChI is InChI=1S/C24H23N3O3S/c1-2-30-21-12-17(6-7-18(21)13-24(28)29)20-14-23(27-15-26-20)25-10-8-16-4-3-5-22-19(16)9-11-31-22/h3-7,9,11-12,14-15H,2,8,10,13H2,1H3,(H,28,29)(H,25,26,27). The van der Waals surface area contributed by atoms with Gasteiger partial charge in [0.15, 0.2) is 0 Å². The topological polar surface area (TPSA) is 84.3 Å². The summed E-state index contributed by atoms with van der Waals surface area (Å²) in [6.07, 6.45) is 2.34. The number of fused-ring (bicyclic) bond motifs is 1. The number of ether oxygens (including phenoxy) is 1. The van der Waals surface area contributed by atoms with Crippen LogP contribution in [0.2, 0.25) is 0 Å². The lowest BCUT2D eigenvalue weighted by Crippen LogP contribution is -2.07. The van der Waals surface area contributed by atoms with Gasteiger partial charge in [-0.1, -0.05) is 24.3 Å². The average Bonchev–Trinajstić information content (AvgIpc) is 3.25. The van der Waals surface area contributed by atoms with E-state index >= 15 is 0 Å². The molecule has 2 heterocycles. The molecule has 2 aromatic heterocycles. The molecule has 158 valence electrons. The van der Waals surface area contributed by atoms with Gasteiger partial charge in [0.25, 0.3) is 0 Å². The van der Waals surface area contributed by atoms with Crippen molar-refractivity contribution in [3.63, 3.8) is 0 Å². The van der Waals surface area contributed by atoms with Gasteiger partial charge in [-0.2, -0.15) is 0 Å². The summed E-state index contributed by atoms with van der Waals surface area (Å²) in [7, 11) is 0. The number of thiophene rings is 1. The van der Waals surface area contributed by atoms with E-state index in [9.17, 15) is 4.79 Å². The Morgan fingerprint density at radius 1 is 1.13 bits per heavy atom. The van der Waals surface area contributed by atoms with Gasteiger partial charge in [0.2, 0.25) is 0 Å². The highest BCUT2D eigenvalue weighted by molar-refractivity contribution is 7.17. The van der Waals surface area contributed by atoms with Crippen molar-refractivity contribution in [2.75, 3.05) is 18.5 Å². The first-order valence-corrected chi connectivity index (χ1v) is 11.0. The predicted molar refractivity (Wildman–Crippen MR) is 124 cm³/mol. The number of aliphatic carboxylic acids is 1. The molecule has 0 spiro atoms. The number of carbonyl (C=O) groups is 1. The van der Waals surface area contributed by atoms with Crippen molar-refractivity contribution >= 4 is 33.2 Å². The lowest BCUT2D eigenvalue weighted by molar-refractivity contribution is -0.136. The number of hydrogen-bond acceptors (Lipinski definition) is 6. The van der Waals surface area contributed by atoms with Gasteiger partial charge in [0.1, 0.15) is 17.9 Å². The minimum Gasteiger partial charge on any atom is -0.494 e.